The van der Waals surface area contributed by atoms with Crippen LogP contribution >= 0.6 is 11.6 Å². The Kier molecular flexibility index (Phi) is 5.96. The summed E-state index contributed by atoms with van der Waals surface area (Å²) in [6.45, 7) is 3.75. The molecule has 110 valence electrons. The summed E-state index contributed by atoms with van der Waals surface area (Å²) < 4.78 is 5.55. The Balaban J connectivity index is 1.75. The molecule has 1 saturated carbocycles. The van der Waals surface area contributed by atoms with Crippen molar-refractivity contribution < 1.29 is 9.53 Å². The predicted molar refractivity (Wildman–Crippen MR) is 77.4 cm³/mol. The number of alkyl halides is 1. The number of halogens is 1. The first kappa shape index (κ1) is 15.1. The number of likely N-dealkylation sites (tertiary alicyclic amines) is 1. The highest BCUT2D eigenvalue weighted by molar-refractivity contribution is 6.17. The molecule has 0 aromatic carbocycles. The van der Waals surface area contributed by atoms with Crippen molar-refractivity contribution in [2.24, 2.45) is 5.92 Å². The number of carbonyl (C=O) groups excluding carboxylic acids is 1. The Bertz CT molecular complexity index is 290. The van der Waals surface area contributed by atoms with Crippen LogP contribution in [0.15, 0.2) is 0 Å². The Morgan fingerprint density at radius 3 is 2.84 bits per heavy atom. The molecule has 0 spiro atoms. The van der Waals surface area contributed by atoms with E-state index in [1.165, 1.54) is 6.42 Å². The molecule has 2 fully saturated rings. The van der Waals surface area contributed by atoms with Gasteiger partial charge in [0.1, 0.15) is 0 Å². The van der Waals surface area contributed by atoms with Crippen LogP contribution in [0.1, 0.15) is 51.9 Å². The monoisotopic (exact) mass is 287 g/mol. The van der Waals surface area contributed by atoms with Gasteiger partial charge in [0.05, 0.1) is 6.10 Å². The minimum atomic E-state index is 0.342. The van der Waals surface area contributed by atoms with Gasteiger partial charge in [0, 0.05) is 31.5 Å². The summed E-state index contributed by atoms with van der Waals surface area (Å²) in [7, 11) is 0. The maximum absolute atomic E-state index is 12.4. The molecule has 0 bridgehead atoms. The maximum Gasteiger partial charge on any atom is 0.223 e. The Hall–Kier alpha value is -0.280. The summed E-state index contributed by atoms with van der Waals surface area (Å²) in [4.78, 5) is 14.5. The number of ether oxygens (including phenoxy) is 1. The van der Waals surface area contributed by atoms with E-state index in [0.717, 1.165) is 45.3 Å². The van der Waals surface area contributed by atoms with Gasteiger partial charge in [0.2, 0.25) is 5.91 Å². The summed E-state index contributed by atoms with van der Waals surface area (Å²) in [6, 6.07) is 0.390. The van der Waals surface area contributed by atoms with E-state index in [1.54, 1.807) is 0 Å². The standard InChI is InChI=1S/C15H26ClNO2/c1-2-19-14-9-12(10-14)11-15(18)17-8-4-3-5-13(17)6-7-16/h12-14H,2-11H2,1H3. The normalized spacial score (nSPS) is 31.1. The number of hydrogen-bond donors (Lipinski definition) is 0. The van der Waals surface area contributed by atoms with Gasteiger partial charge in [0.25, 0.3) is 0 Å². The van der Waals surface area contributed by atoms with Gasteiger partial charge < -0.3 is 9.64 Å². The summed E-state index contributed by atoms with van der Waals surface area (Å²) in [6.07, 6.45) is 7.70. The SMILES string of the molecule is CCOC1CC(CC(=O)N2CCCCC2CCCl)C1. The number of carbonyl (C=O) groups is 1. The maximum atomic E-state index is 12.4. The van der Waals surface area contributed by atoms with Crippen LogP contribution in [0.25, 0.3) is 0 Å². The molecule has 1 saturated heterocycles. The molecule has 3 nitrogen and oxygen atoms in total. The lowest BCUT2D eigenvalue weighted by Crippen LogP contribution is -2.45. The van der Waals surface area contributed by atoms with E-state index in [1.807, 2.05) is 6.92 Å². The van der Waals surface area contributed by atoms with Crippen molar-refractivity contribution in [2.45, 2.75) is 64.0 Å². The molecule has 0 aromatic rings. The van der Waals surface area contributed by atoms with E-state index in [-0.39, 0.29) is 0 Å². The number of piperidine rings is 1. The van der Waals surface area contributed by atoms with Crippen molar-refractivity contribution in [1.82, 2.24) is 4.90 Å². The van der Waals surface area contributed by atoms with Crippen LogP contribution in [0, 0.1) is 5.92 Å². The first-order valence-electron chi connectivity index (χ1n) is 7.71. The van der Waals surface area contributed by atoms with Crippen LogP contribution in [-0.4, -0.2) is 42.0 Å². The van der Waals surface area contributed by atoms with Gasteiger partial charge in [-0.2, -0.15) is 0 Å². The molecule has 1 atom stereocenters. The first-order chi connectivity index (χ1) is 9.24. The quantitative estimate of drug-likeness (QED) is 0.702. The smallest absolute Gasteiger partial charge is 0.223 e. The summed E-state index contributed by atoms with van der Waals surface area (Å²) in [5, 5.41) is 0. The van der Waals surface area contributed by atoms with Crippen molar-refractivity contribution in [2.75, 3.05) is 19.0 Å². The predicted octanol–water partition coefficient (Wildman–Crippen LogP) is 3.20. The summed E-state index contributed by atoms with van der Waals surface area (Å²) in [5.74, 6) is 1.54. The van der Waals surface area contributed by atoms with Crippen LogP contribution in [0.5, 0.6) is 0 Å². The fourth-order valence-corrected chi connectivity index (χ4v) is 3.58. The summed E-state index contributed by atoms with van der Waals surface area (Å²) >= 11 is 5.85. The Morgan fingerprint density at radius 1 is 1.37 bits per heavy atom. The second-order valence-electron chi connectivity index (χ2n) is 5.83. The van der Waals surface area contributed by atoms with Crippen LogP contribution in [0.4, 0.5) is 0 Å². The van der Waals surface area contributed by atoms with E-state index in [9.17, 15) is 4.79 Å². The molecule has 1 unspecified atom stereocenters. The summed E-state index contributed by atoms with van der Waals surface area (Å²) in [5.41, 5.74) is 0. The molecule has 2 rings (SSSR count). The zero-order valence-corrected chi connectivity index (χ0v) is 12.7. The molecule has 1 aliphatic carbocycles. The third-order valence-electron chi connectivity index (χ3n) is 4.45. The highest BCUT2D eigenvalue weighted by Gasteiger charge is 2.34. The van der Waals surface area contributed by atoms with E-state index < -0.39 is 0 Å². The third kappa shape index (κ3) is 4.09. The largest absolute Gasteiger partial charge is 0.378 e. The molecule has 0 aromatic heterocycles. The lowest BCUT2D eigenvalue weighted by Gasteiger charge is -2.39. The van der Waals surface area contributed by atoms with Crippen molar-refractivity contribution in [1.29, 1.82) is 0 Å². The average molecular weight is 288 g/mol. The minimum Gasteiger partial charge on any atom is -0.378 e. The third-order valence-corrected chi connectivity index (χ3v) is 4.67. The van der Waals surface area contributed by atoms with E-state index in [2.05, 4.69) is 4.90 Å². The Morgan fingerprint density at radius 2 is 2.16 bits per heavy atom. The fourth-order valence-electron chi connectivity index (χ4n) is 3.33. The molecule has 19 heavy (non-hydrogen) atoms. The van der Waals surface area contributed by atoms with E-state index >= 15 is 0 Å². The van der Waals surface area contributed by atoms with Gasteiger partial charge in [-0.15, -0.1) is 11.6 Å². The van der Waals surface area contributed by atoms with Gasteiger partial charge in [-0.1, -0.05) is 0 Å². The minimum absolute atomic E-state index is 0.342. The zero-order valence-electron chi connectivity index (χ0n) is 11.9. The molecule has 1 aliphatic heterocycles. The first-order valence-corrected chi connectivity index (χ1v) is 8.25. The second kappa shape index (κ2) is 7.49. The molecule has 1 heterocycles. The molecule has 4 heteroatoms. The van der Waals surface area contributed by atoms with Gasteiger partial charge in [0.15, 0.2) is 0 Å². The molecular formula is C15H26ClNO2. The molecule has 0 radical (unpaired) electrons. The number of rotatable bonds is 6. The van der Waals surface area contributed by atoms with Gasteiger partial charge in [-0.25, -0.2) is 0 Å². The second-order valence-corrected chi connectivity index (χ2v) is 6.21. The zero-order chi connectivity index (χ0) is 13.7. The fraction of sp³-hybridized carbons (Fsp3) is 0.933. The average Bonchev–Trinajstić information content (AvgIpc) is 2.37. The lowest BCUT2D eigenvalue weighted by molar-refractivity contribution is -0.138. The number of nitrogens with zero attached hydrogens (tertiary/aromatic N) is 1. The van der Waals surface area contributed by atoms with Gasteiger partial charge >= 0.3 is 0 Å². The molecule has 0 N–H and O–H groups in total. The van der Waals surface area contributed by atoms with E-state index in [4.69, 9.17) is 16.3 Å². The Labute approximate surface area is 121 Å². The molecular weight excluding hydrogens is 262 g/mol. The highest BCUT2D eigenvalue weighted by Crippen LogP contribution is 2.34. The number of hydrogen-bond acceptors (Lipinski definition) is 2. The van der Waals surface area contributed by atoms with Crippen LogP contribution in [0.2, 0.25) is 0 Å². The number of amides is 1. The molecule has 1 amide bonds. The van der Waals surface area contributed by atoms with Crippen molar-refractivity contribution in [3.63, 3.8) is 0 Å². The van der Waals surface area contributed by atoms with Gasteiger partial charge in [-0.05, 0) is 51.4 Å². The van der Waals surface area contributed by atoms with Crippen LogP contribution in [-0.2, 0) is 9.53 Å². The van der Waals surface area contributed by atoms with E-state index in [0.29, 0.717) is 36.3 Å². The van der Waals surface area contributed by atoms with Crippen molar-refractivity contribution in [3.05, 3.63) is 0 Å². The van der Waals surface area contributed by atoms with Crippen molar-refractivity contribution in [3.8, 4) is 0 Å². The van der Waals surface area contributed by atoms with Gasteiger partial charge in [-0.3, -0.25) is 4.79 Å². The molecule has 2 aliphatic rings. The lowest BCUT2D eigenvalue weighted by atomic mass is 9.79. The topological polar surface area (TPSA) is 29.5 Å². The van der Waals surface area contributed by atoms with Crippen LogP contribution in [0.3, 0.4) is 0 Å². The van der Waals surface area contributed by atoms with Crippen molar-refractivity contribution >= 4 is 17.5 Å². The van der Waals surface area contributed by atoms with Crippen LogP contribution < -0.4 is 0 Å². The highest BCUT2D eigenvalue weighted by atomic mass is 35.5.